The Balaban J connectivity index is 1.89. The maximum atomic E-state index is 6.04. The molecule has 24 heavy (non-hydrogen) atoms. The molecular weight excluding hydrogens is 306 g/mol. The largest absolute Gasteiger partial charge is 0.497 e. The fraction of sp³-hybridized carbons (Fsp3) is 0.412. The fourth-order valence-corrected chi connectivity index (χ4v) is 2.42. The molecule has 130 valence electrons. The van der Waals surface area contributed by atoms with Crippen molar-refractivity contribution in [2.45, 2.75) is 26.6 Å². The lowest BCUT2D eigenvalue weighted by atomic mass is 10.1. The first-order chi connectivity index (χ1) is 11.5. The van der Waals surface area contributed by atoms with Crippen LogP contribution in [-0.2, 0) is 6.42 Å². The minimum absolute atomic E-state index is 0.442. The summed E-state index contributed by atoms with van der Waals surface area (Å²) in [5.74, 6) is 2.15. The van der Waals surface area contributed by atoms with Crippen LogP contribution in [0.5, 0.6) is 11.5 Å². The Labute approximate surface area is 142 Å². The highest BCUT2D eigenvalue weighted by Crippen LogP contribution is 2.24. The molecule has 2 aromatic rings. The van der Waals surface area contributed by atoms with E-state index in [-0.39, 0.29) is 0 Å². The van der Waals surface area contributed by atoms with E-state index in [1.54, 1.807) is 14.2 Å². The van der Waals surface area contributed by atoms with Crippen LogP contribution >= 0.6 is 0 Å². The smallest absolute Gasteiger partial charge is 0.225 e. The molecule has 7 heteroatoms. The van der Waals surface area contributed by atoms with Gasteiger partial charge in [-0.05, 0) is 50.1 Å². The summed E-state index contributed by atoms with van der Waals surface area (Å²) < 4.78 is 10.6. The van der Waals surface area contributed by atoms with Crippen LogP contribution in [0.2, 0.25) is 0 Å². The summed E-state index contributed by atoms with van der Waals surface area (Å²) in [6.07, 6.45) is 0.312. The molecule has 0 aliphatic carbocycles. The van der Waals surface area contributed by atoms with Crippen molar-refractivity contribution in [2.75, 3.05) is 26.1 Å². The second-order valence-corrected chi connectivity index (χ2v) is 5.48. The van der Waals surface area contributed by atoms with Crippen LogP contribution in [0.4, 0.5) is 5.95 Å². The number of rotatable bonds is 8. The van der Waals surface area contributed by atoms with Crippen LogP contribution in [0.3, 0.4) is 0 Å². The van der Waals surface area contributed by atoms with Gasteiger partial charge in [0.15, 0.2) is 0 Å². The van der Waals surface area contributed by atoms with Crippen molar-refractivity contribution in [2.24, 2.45) is 5.73 Å². The van der Waals surface area contributed by atoms with E-state index < -0.39 is 6.29 Å². The van der Waals surface area contributed by atoms with Gasteiger partial charge in [0.2, 0.25) is 5.95 Å². The van der Waals surface area contributed by atoms with Gasteiger partial charge in [-0.1, -0.05) is 0 Å². The number of nitrogens with two attached hydrogens (primary N) is 1. The number of ether oxygens (including phenoxy) is 2. The minimum atomic E-state index is -0.442. The van der Waals surface area contributed by atoms with Crippen molar-refractivity contribution < 1.29 is 9.47 Å². The van der Waals surface area contributed by atoms with Crippen LogP contribution in [0.1, 0.15) is 17.0 Å². The first-order valence-corrected chi connectivity index (χ1v) is 7.80. The number of aromatic nitrogens is 2. The lowest BCUT2D eigenvalue weighted by molar-refractivity contribution is 0.398. The number of aryl methyl sites for hydroxylation is 2. The summed E-state index contributed by atoms with van der Waals surface area (Å²) in [5.41, 5.74) is 8.90. The highest BCUT2D eigenvalue weighted by molar-refractivity contribution is 5.40. The van der Waals surface area contributed by atoms with Crippen molar-refractivity contribution in [3.8, 4) is 11.5 Å². The number of nitrogens with zero attached hydrogens (tertiary/aromatic N) is 2. The first-order valence-electron chi connectivity index (χ1n) is 7.80. The Morgan fingerprint density at radius 1 is 1.08 bits per heavy atom. The molecule has 0 fully saturated rings. The van der Waals surface area contributed by atoms with Gasteiger partial charge in [0, 0.05) is 17.9 Å². The van der Waals surface area contributed by atoms with Gasteiger partial charge < -0.3 is 14.8 Å². The van der Waals surface area contributed by atoms with E-state index in [1.807, 2.05) is 38.1 Å². The maximum absolute atomic E-state index is 6.04. The van der Waals surface area contributed by atoms with E-state index in [2.05, 4.69) is 20.6 Å². The van der Waals surface area contributed by atoms with Crippen LogP contribution < -0.4 is 25.8 Å². The third kappa shape index (κ3) is 5.07. The van der Waals surface area contributed by atoms with Gasteiger partial charge >= 0.3 is 0 Å². The number of benzene rings is 1. The predicted molar refractivity (Wildman–Crippen MR) is 94.4 cm³/mol. The molecule has 4 N–H and O–H groups in total. The molecule has 0 amide bonds. The number of hydrogen-bond donors (Lipinski definition) is 3. The lowest BCUT2D eigenvalue weighted by Gasteiger charge is -2.17. The predicted octanol–water partition coefficient (Wildman–Crippen LogP) is 1.60. The van der Waals surface area contributed by atoms with Crippen molar-refractivity contribution in [3.05, 3.63) is 41.2 Å². The molecule has 1 heterocycles. The van der Waals surface area contributed by atoms with Gasteiger partial charge in [0.25, 0.3) is 0 Å². The van der Waals surface area contributed by atoms with E-state index in [0.29, 0.717) is 12.5 Å². The van der Waals surface area contributed by atoms with Crippen molar-refractivity contribution in [3.63, 3.8) is 0 Å². The van der Waals surface area contributed by atoms with Gasteiger partial charge in [0.1, 0.15) is 17.8 Å². The molecule has 7 nitrogen and oxygen atoms in total. The minimum Gasteiger partial charge on any atom is -0.497 e. The third-order valence-corrected chi connectivity index (χ3v) is 3.51. The van der Waals surface area contributed by atoms with Gasteiger partial charge in [0.05, 0.1) is 14.2 Å². The average Bonchev–Trinajstić information content (AvgIpc) is 2.53. The summed E-state index contributed by atoms with van der Waals surface area (Å²) in [4.78, 5) is 8.62. The molecule has 1 atom stereocenters. The summed E-state index contributed by atoms with van der Waals surface area (Å²) in [5, 5.41) is 6.25. The fourth-order valence-electron chi connectivity index (χ4n) is 2.42. The molecule has 0 bridgehead atoms. The summed E-state index contributed by atoms with van der Waals surface area (Å²) in [6.45, 7) is 4.52. The molecule has 0 saturated heterocycles. The quantitative estimate of drug-likeness (QED) is 0.632. The van der Waals surface area contributed by atoms with Gasteiger partial charge in [-0.3, -0.25) is 11.1 Å². The van der Waals surface area contributed by atoms with E-state index in [0.717, 1.165) is 34.9 Å². The lowest BCUT2D eigenvalue weighted by Crippen LogP contribution is -2.45. The number of nitrogens with one attached hydrogen (secondary N) is 2. The Morgan fingerprint density at radius 3 is 2.42 bits per heavy atom. The number of hydrogen-bond acceptors (Lipinski definition) is 7. The Bertz CT molecular complexity index is 658. The third-order valence-electron chi connectivity index (χ3n) is 3.51. The van der Waals surface area contributed by atoms with Gasteiger partial charge in [-0.15, -0.1) is 0 Å². The molecule has 0 spiro atoms. The highest BCUT2D eigenvalue weighted by Gasteiger charge is 2.08. The van der Waals surface area contributed by atoms with Crippen molar-refractivity contribution in [1.82, 2.24) is 15.3 Å². The summed E-state index contributed by atoms with van der Waals surface area (Å²) >= 11 is 0. The zero-order chi connectivity index (χ0) is 17.5. The van der Waals surface area contributed by atoms with Crippen LogP contribution in [0, 0.1) is 13.8 Å². The van der Waals surface area contributed by atoms with Crippen LogP contribution in [-0.4, -0.2) is 37.0 Å². The van der Waals surface area contributed by atoms with E-state index in [9.17, 15) is 0 Å². The van der Waals surface area contributed by atoms with E-state index in [1.165, 1.54) is 0 Å². The summed E-state index contributed by atoms with van der Waals surface area (Å²) in [6, 6.07) is 7.65. The second-order valence-electron chi connectivity index (χ2n) is 5.48. The van der Waals surface area contributed by atoms with E-state index >= 15 is 0 Å². The molecule has 0 aliphatic rings. The molecule has 1 aromatic carbocycles. The first kappa shape index (κ1) is 18.0. The van der Waals surface area contributed by atoms with Gasteiger partial charge in [-0.25, -0.2) is 9.97 Å². The molecule has 0 aliphatic heterocycles. The monoisotopic (exact) mass is 331 g/mol. The van der Waals surface area contributed by atoms with Crippen molar-refractivity contribution >= 4 is 5.95 Å². The molecule has 0 radical (unpaired) electrons. The second kappa shape index (κ2) is 8.47. The Hall–Kier alpha value is -2.38. The molecule has 2 rings (SSSR count). The molecule has 1 unspecified atom stereocenters. The summed E-state index contributed by atoms with van der Waals surface area (Å²) in [7, 11) is 3.30. The molecule has 1 aromatic heterocycles. The zero-order valence-corrected chi connectivity index (χ0v) is 14.6. The van der Waals surface area contributed by atoms with Gasteiger partial charge in [-0.2, -0.15) is 0 Å². The molecule has 0 saturated carbocycles. The Kier molecular flexibility index (Phi) is 6.34. The highest BCUT2D eigenvalue weighted by atomic mass is 16.5. The van der Waals surface area contributed by atoms with Crippen molar-refractivity contribution in [1.29, 1.82) is 0 Å². The molecular formula is C17H25N5O2. The SMILES string of the molecule is COc1ccc(OC)c(CCNC(N)Nc2nc(C)cc(C)n2)c1. The number of methoxy groups -OCH3 is 2. The number of anilines is 1. The van der Waals surface area contributed by atoms with E-state index in [4.69, 9.17) is 15.2 Å². The normalized spacial score (nSPS) is 11.9. The standard InChI is InChI=1S/C17H25N5O2/c1-11-9-12(2)21-17(20-11)22-16(18)19-8-7-13-10-14(23-3)5-6-15(13)24-4/h5-6,9-10,16,19H,7-8,18H2,1-4H3,(H,20,21,22). The van der Waals surface area contributed by atoms with Crippen LogP contribution in [0.15, 0.2) is 24.3 Å². The zero-order valence-electron chi connectivity index (χ0n) is 14.6. The topological polar surface area (TPSA) is 94.3 Å². The van der Waals surface area contributed by atoms with Crippen LogP contribution in [0.25, 0.3) is 0 Å². The maximum Gasteiger partial charge on any atom is 0.225 e. The average molecular weight is 331 g/mol. The Morgan fingerprint density at radius 2 is 1.79 bits per heavy atom.